The van der Waals surface area contributed by atoms with Crippen molar-refractivity contribution in [3.63, 3.8) is 0 Å². The van der Waals surface area contributed by atoms with Crippen LogP contribution in [0.15, 0.2) is 48.9 Å². The molecule has 2 fully saturated rings. The van der Waals surface area contributed by atoms with E-state index in [1.807, 2.05) is 63.4 Å². The molecule has 1 aromatic carbocycles. The molecule has 0 radical (unpaired) electrons. The van der Waals surface area contributed by atoms with Gasteiger partial charge in [0.2, 0.25) is 11.8 Å². The topological polar surface area (TPSA) is 121 Å². The van der Waals surface area contributed by atoms with Crippen LogP contribution >= 0.6 is 0 Å². The van der Waals surface area contributed by atoms with Gasteiger partial charge < -0.3 is 24.7 Å². The fraction of sp³-hybridized carbons (Fsp3) is 0.452. The summed E-state index contributed by atoms with van der Waals surface area (Å²) in [6.45, 7) is 11.4. The van der Waals surface area contributed by atoms with Gasteiger partial charge in [-0.3, -0.25) is 4.90 Å². The predicted molar refractivity (Wildman–Crippen MR) is 161 cm³/mol. The van der Waals surface area contributed by atoms with Crippen molar-refractivity contribution in [1.82, 2.24) is 34.7 Å². The SMILES string of the molecule is CC(c1ccnc(Nc2nc3ccc(-c4cc(OCC5CC5)ncn4)cc3[nH]2)c1)N1CCN(C(=O)OC(C)(C)C)CC1. The number of imidazole rings is 1. The zero-order chi connectivity index (χ0) is 29.3. The smallest absolute Gasteiger partial charge is 0.410 e. The predicted octanol–water partition coefficient (Wildman–Crippen LogP) is 5.56. The third-order valence-corrected chi connectivity index (χ3v) is 7.61. The van der Waals surface area contributed by atoms with Crippen LogP contribution in [-0.2, 0) is 4.74 Å². The van der Waals surface area contributed by atoms with Crippen molar-refractivity contribution in [2.45, 2.75) is 52.2 Å². The molecular weight excluding hydrogens is 532 g/mol. The molecule has 3 aromatic heterocycles. The lowest BCUT2D eigenvalue weighted by molar-refractivity contribution is 0.0110. The molecule has 4 aromatic rings. The molecule has 1 unspecified atom stereocenters. The number of hydrogen-bond acceptors (Lipinski definition) is 9. The number of amides is 1. The second-order valence-electron chi connectivity index (χ2n) is 12.1. The van der Waals surface area contributed by atoms with E-state index in [-0.39, 0.29) is 12.1 Å². The number of ether oxygens (including phenoxy) is 2. The van der Waals surface area contributed by atoms with Gasteiger partial charge in [-0.15, -0.1) is 0 Å². The van der Waals surface area contributed by atoms with Crippen LogP contribution < -0.4 is 10.1 Å². The number of anilines is 2. The van der Waals surface area contributed by atoms with Crippen molar-refractivity contribution in [1.29, 1.82) is 0 Å². The molecule has 11 nitrogen and oxygen atoms in total. The van der Waals surface area contributed by atoms with Crippen molar-refractivity contribution in [2.75, 3.05) is 38.1 Å². The largest absolute Gasteiger partial charge is 0.477 e. The van der Waals surface area contributed by atoms with Gasteiger partial charge in [-0.1, -0.05) is 6.07 Å². The number of fused-ring (bicyclic) bond motifs is 1. The van der Waals surface area contributed by atoms with Gasteiger partial charge in [-0.2, -0.15) is 0 Å². The number of aromatic nitrogens is 5. The first-order chi connectivity index (χ1) is 20.2. The van der Waals surface area contributed by atoms with Gasteiger partial charge in [-0.05, 0) is 76.3 Å². The van der Waals surface area contributed by atoms with Crippen LogP contribution in [0.1, 0.15) is 52.1 Å². The number of carbonyl (C=O) groups is 1. The molecule has 1 saturated heterocycles. The standard InChI is InChI=1S/C31H38N8O3/c1-20(38-11-13-39(14-12-38)30(40)42-31(2,3)4)22-9-10-32-27(16-22)37-29-35-24-8-7-23(15-26(24)36-29)25-17-28(34-19-33-25)41-18-21-5-6-21/h7-10,15-17,19-21H,5-6,11-14,18H2,1-4H3,(H2,32,35,36,37). The van der Waals surface area contributed by atoms with Gasteiger partial charge in [0.05, 0.1) is 23.3 Å². The minimum atomic E-state index is -0.491. The van der Waals surface area contributed by atoms with Gasteiger partial charge in [0.15, 0.2) is 0 Å². The number of carbonyl (C=O) groups excluding carboxylic acids is 1. The number of nitrogens with zero attached hydrogens (tertiary/aromatic N) is 6. The number of rotatable bonds is 8. The fourth-order valence-electron chi connectivity index (χ4n) is 5.02. The van der Waals surface area contributed by atoms with Crippen LogP contribution in [0.25, 0.3) is 22.3 Å². The molecule has 1 saturated carbocycles. The second-order valence-corrected chi connectivity index (χ2v) is 12.1. The van der Waals surface area contributed by atoms with E-state index in [2.05, 4.69) is 37.1 Å². The van der Waals surface area contributed by atoms with Gasteiger partial charge in [0.1, 0.15) is 17.7 Å². The lowest BCUT2D eigenvalue weighted by Gasteiger charge is -2.38. The minimum absolute atomic E-state index is 0.165. The van der Waals surface area contributed by atoms with Crippen molar-refractivity contribution in [3.05, 3.63) is 54.5 Å². The molecule has 1 aliphatic heterocycles. The summed E-state index contributed by atoms with van der Waals surface area (Å²) in [5, 5.41) is 3.33. The number of aromatic amines is 1. The lowest BCUT2D eigenvalue weighted by Crippen LogP contribution is -2.50. The molecular formula is C31H38N8O3. The molecule has 1 atom stereocenters. The molecule has 1 aliphatic carbocycles. The van der Waals surface area contributed by atoms with E-state index >= 15 is 0 Å². The zero-order valence-electron chi connectivity index (χ0n) is 24.6. The molecule has 0 bridgehead atoms. The van der Waals surface area contributed by atoms with E-state index < -0.39 is 5.60 Å². The van der Waals surface area contributed by atoms with E-state index in [0.717, 1.165) is 40.9 Å². The van der Waals surface area contributed by atoms with Gasteiger partial charge in [0.25, 0.3) is 0 Å². The Hall–Kier alpha value is -4.25. The maximum atomic E-state index is 12.4. The number of H-pyrrole nitrogens is 1. The van der Waals surface area contributed by atoms with Gasteiger partial charge in [0, 0.05) is 50.0 Å². The maximum Gasteiger partial charge on any atom is 0.410 e. The Balaban J connectivity index is 1.09. The van der Waals surface area contributed by atoms with Crippen LogP contribution in [0.2, 0.25) is 0 Å². The minimum Gasteiger partial charge on any atom is -0.477 e. The third-order valence-electron chi connectivity index (χ3n) is 7.61. The van der Waals surface area contributed by atoms with E-state index in [4.69, 9.17) is 14.5 Å². The number of benzene rings is 1. The van der Waals surface area contributed by atoms with Crippen LogP contribution in [0.5, 0.6) is 5.88 Å². The van der Waals surface area contributed by atoms with Crippen LogP contribution in [0.3, 0.4) is 0 Å². The first-order valence-electron chi connectivity index (χ1n) is 14.6. The molecule has 4 heterocycles. The maximum absolute atomic E-state index is 12.4. The summed E-state index contributed by atoms with van der Waals surface area (Å²) in [4.78, 5) is 37.9. The molecule has 11 heteroatoms. The molecule has 220 valence electrons. The summed E-state index contributed by atoms with van der Waals surface area (Å²) in [6, 6.07) is 12.1. The number of nitrogens with one attached hydrogen (secondary N) is 2. The molecule has 2 aliphatic rings. The number of hydrogen-bond donors (Lipinski definition) is 2. The average molecular weight is 571 g/mol. The zero-order valence-corrected chi connectivity index (χ0v) is 24.6. The Kier molecular flexibility index (Phi) is 7.68. The summed E-state index contributed by atoms with van der Waals surface area (Å²) >= 11 is 0. The average Bonchev–Trinajstić information content (AvgIpc) is 3.72. The summed E-state index contributed by atoms with van der Waals surface area (Å²) in [5.74, 6) is 2.58. The summed E-state index contributed by atoms with van der Waals surface area (Å²) in [5.41, 5.74) is 4.14. The normalized spacial score (nSPS) is 16.8. The van der Waals surface area contributed by atoms with E-state index in [1.54, 1.807) is 11.2 Å². The van der Waals surface area contributed by atoms with Crippen LogP contribution in [0.4, 0.5) is 16.6 Å². The molecule has 0 spiro atoms. The first kappa shape index (κ1) is 27.9. The Bertz CT molecular complexity index is 1550. The highest BCUT2D eigenvalue weighted by Crippen LogP contribution is 2.30. The molecule has 1 amide bonds. The quantitative estimate of drug-likeness (QED) is 0.280. The summed E-state index contributed by atoms with van der Waals surface area (Å²) in [6.07, 6.45) is 5.57. The Morgan fingerprint density at radius 1 is 1.07 bits per heavy atom. The highest BCUT2D eigenvalue weighted by Gasteiger charge is 2.28. The molecule has 6 rings (SSSR count). The van der Waals surface area contributed by atoms with Gasteiger partial charge >= 0.3 is 6.09 Å². The third kappa shape index (κ3) is 6.79. The Morgan fingerprint density at radius 3 is 2.64 bits per heavy atom. The second kappa shape index (κ2) is 11.6. The van der Waals surface area contributed by atoms with E-state index in [0.29, 0.717) is 43.3 Å². The molecule has 42 heavy (non-hydrogen) atoms. The van der Waals surface area contributed by atoms with Crippen molar-refractivity contribution in [3.8, 4) is 17.1 Å². The Morgan fingerprint density at radius 2 is 1.88 bits per heavy atom. The van der Waals surface area contributed by atoms with E-state index in [9.17, 15) is 4.79 Å². The van der Waals surface area contributed by atoms with Crippen molar-refractivity contribution >= 4 is 28.9 Å². The fourth-order valence-corrected chi connectivity index (χ4v) is 5.02. The number of piperazine rings is 1. The lowest BCUT2D eigenvalue weighted by atomic mass is 10.1. The monoisotopic (exact) mass is 570 g/mol. The summed E-state index contributed by atoms with van der Waals surface area (Å²) in [7, 11) is 0. The number of pyridine rings is 1. The van der Waals surface area contributed by atoms with Gasteiger partial charge in [-0.25, -0.2) is 24.7 Å². The highest BCUT2D eigenvalue weighted by molar-refractivity contribution is 5.83. The van der Waals surface area contributed by atoms with Crippen LogP contribution in [0, 0.1) is 5.92 Å². The van der Waals surface area contributed by atoms with E-state index in [1.165, 1.54) is 12.8 Å². The molecule has 2 N–H and O–H groups in total. The van der Waals surface area contributed by atoms with Crippen molar-refractivity contribution in [2.24, 2.45) is 5.92 Å². The highest BCUT2D eigenvalue weighted by atomic mass is 16.6. The van der Waals surface area contributed by atoms with Crippen molar-refractivity contribution < 1.29 is 14.3 Å². The Labute approximate surface area is 245 Å². The van der Waals surface area contributed by atoms with Crippen LogP contribution in [-0.4, -0.2) is 79.2 Å². The first-order valence-corrected chi connectivity index (χ1v) is 14.6. The summed E-state index contributed by atoms with van der Waals surface area (Å²) < 4.78 is 11.4.